The minimum absolute atomic E-state index is 0.813. The zero-order valence-electron chi connectivity index (χ0n) is 9.09. The lowest BCUT2D eigenvalue weighted by Crippen LogP contribution is -2.15. The van der Waals surface area contributed by atoms with Gasteiger partial charge in [0.25, 0.3) is 0 Å². The first-order valence-corrected chi connectivity index (χ1v) is 4.14. The molecule has 0 fully saturated rings. The number of nitrogens with zero attached hydrogens (tertiary/aromatic N) is 2. The number of hydrogen-bond acceptors (Lipinski definition) is 3. The van der Waals surface area contributed by atoms with E-state index in [1.54, 1.807) is 18.4 Å². The molecule has 0 aromatic carbocycles. The SMILES string of the molecule is C=C(/C(C)=C/N=C(C)C)N(C)OC. The summed E-state index contributed by atoms with van der Waals surface area (Å²) in [5, 5.41) is 1.60. The van der Waals surface area contributed by atoms with Gasteiger partial charge in [-0.25, -0.2) is 0 Å². The maximum Gasteiger partial charge on any atom is 0.0638 e. The molecule has 0 heterocycles. The minimum atomic E-state index is 0.813. The fraction of sp³-hybridized carbons (Fsp3) is 0.500. The Morgan fingerprint density at radius 1 is 1.38 bits per heavy atom. The van der Waals surface area contributed by atoms with Crippen LogP contribution >= 0.6 is 0 Å². The Kier molecular flexibility index (Phi) is 5.07. The standard InChI is InChI=1S/C10H18N2O/c1-8(2)11-7-9(3)10(4)12(5)13-6/h7H,4H2,1-3,5-6H3/b9-7+. The van der Waals surface area contributed by atoms with Crippen LogP contribution in [0.3, 0.4) is 0 Å². The summed E-state index contributed by atoms with van der Waals surface area (Å²) in [7, 11) is 3.41. The molecule has 0 aromatic rings. The smallest absolute Gasteiger partial charge is 0.0638 e. The van der Waals surface area contributed by atoms with Crippen LogP contribution in [-0.4, -0.2) is 24.9 Å². The molecule has 0 aliphatic heterocycles. The van der Waals surface area contributed by atoms with Crippen molar-refractivity contribution in [1.29, 1.82) is 0 Å². The Bertz CT molecular complexity index is 237. The molecule has 0 bridgehead atoms. The van der Waals surface area contributed by atoms with Crippen molar-refractivity contribution in [3.05, 3.63) is 24.0 Å². The zero-order chi connectivity index (χ0) is 10.4. The van der Waals surface area contributed by atoms with Gasteiger partial charge >= 0.3 is 0 Å². The van der Waals surface area contributed by atoms with Crippen LogP contribution in [0.15, 0.2) is 29.0 Å². The molecule has 3 nitrogen and oxygen atoms in total. The van der Waals surface area contributed by atoms with E-state index >= 15 is 0 Å². The van der Waals surface area contributed by atoms with Crippen LogP contribution in [0, 0.1) is 0 Å². The normalized spacial score (nSPS) is 11.0. The first kappa shape index (κ1) is 11.9. The quantitative estimate of drug-likeness (QED) is 0.379. The van der Waals surface area contributed by atoms with Gasteiger partial charge in [0.1, 0.15) is 0 Å². The largest absolute Gasteiger partial charge is 0.277 e. The van der Waals surface area contributed by atoms with Gasteiger partial charge in [0.05, 0.1) is 12.8 Å². The van der Waals surface area contributed by atoms with E-state index in [2.05, 4.69) is 11.6 Å². The van der Waals surface area contributed by atoms with Crippen LogP contribution in [0.4, 0.5) is 0 Å². The fourth-order valence-corrected chi connectivity index (χ4v) is 0.659. The van der Waals surface area contributed by atoms with Crippen molar-refractivity contribution in [2.45, 2.75) is 20.8 Å². The lowest BCUT2D eigenvalue weighted by molar-refractivity contribution is -0.0743. The first-order valence-electron chi connectivity index (χ1n) is 4.14. The van der Waals surface area contributed by atoms with Crippen molar-refractivity contribution in [2.24, 2.45) is 4.99 Å². The highest BCUT2D eigenvalue weighted by atomic mass is 16.7. The second kappa shape index (κ2) is 5.54. The molecule has 0 saturated carbocycles. The highest BCUT2D eigenvalue weighted by molar-refractivity contribution is 5.79. The van der Waals surface area contributed by atoms with Gasteiger partial charge < -0.3 is 0 Å². The highest BCUT2D eigenvalue weighted by Crippen LogP contribution is 2.10. The third kappa shape index (κ3) is 4.48. The molecular weight excluding hydrogens is 164 g/mol. The molecule has 0 amide bonds. The van der Waals surface area contributed by atoms with Gasteiger partial charge in [-0.15, -0.1) is 0 Å². The predicted octanol–water partition coefficient (Wildman–Crippen LogP) is 2.38. The molecule has 13 heavy (non-hydrogen) atoms. The van der Waals surface area contributed by atoms with E-state index in [0.717, 1.165) is 17.0 Å². The zero-order valence-corrected chi connectivity index (χ0v) is 9.09. The molecule has 0 aromatic heterocycles. The number of hydroxylamine groups is 2. The van der Waals surface area contributed by atoms with Crippen molar-refractivity contribution in [1.82, 2.24) is 5.06 Å². The summed E-state index contributed by atoms with van der Waals surface area (Å²) in [5.41, 5.74) is 2.82. The monoisotopic (exact) mass is 182 g/mol. The molecule has 0 radical (unpaired) electrons. The molecule has 3 heteroatoms. The number of aliphatic imine (C=N–C) groups is 1. The van der Waals surface area contributed by atoms with Crippen molar-refractivity contribution < 1.29 is 4.84 Å². The highest BCUT2D eigenvalue weighted by Gasteiger charge is 2.01. The number of likely N-dealkylation sites (N-methyl/N-ethyl adjacent to an activating group) is 1. The summed E-state index contributed by atoms with van der Waals surface area (Å²) in [4.78, 5) is 9.16. The third-order valence-electron chi connectivity index (χ3n) is 1.63. The molecule has 0 saturated heterocycles. The van der Waals surface area contributed by atoms with Crippen LogP contribution < -0.4 is 0 Å². The lowest BCUT2D eigenvalue weighted by Gasteiger charge is -2.18. The van der Waals surface area contributed by atoms with E-state index in [-0.39, 0.29) is 0 Å². The minimum Gasteiger partial charge on any atom is -0.277 e. The van der Waals surface area contributed by atoms with E-state index < -0.39 is 0 Å². The Morgan fingerprint density at radius 2 is 1.92 bits per heavy atom. The Labute approximate surface area is 80.4 Å². The van der Waals surface area contributed by atoms with Gasteiger partial charge in [-0.05, 0) is 26.3 Å². The van der Waals surface area contributed by atoms with Gasteiger partial charge in [0.15, 0.2) is 0 Å². The van der Waals surface area contributed by atoms with Gasteiger partial charge in [-0.2, -0.15) is 0 Å². The predicted molar refractivity (Wildman–Crippen MR) is 56.5 cm³/mol. The average molecular weight is 182 g/mol. The molecular formula is C10H18N2O. The first-order chi connectivity index (χ1) is 5.99. The second-order valence-corrected chi connectivity index (χ2v) is 3.02. The number of rotatable bonds is 4. The van der Waals surface area contributed by atoms with Crippen LogP contribution in [0.2, 0.25) is 0 Å². The van der Waals surface area contributed by atoms with E-state index in [9.17, 15) is 0 Å². The van der Waals surface area contributed by atoms with Crippen LogP contribution in [0.1, 0.15) is 20.8 Å². The summed E-state index contributed by atoms with van der Waals surface area (Å²) in [5.74, 6) is 0. The molecule has 0 rings (SSSR count). The van der Waals surface area contributed by atoms with Gasteiger partial charge in [0, 0.05) is 19.0 Å². The molecule has 0 N–H and O–H groups in total. The Morgan fingerprint density at radius 3 is 2.31 bits per heavy atom. The molecule has 0 aliphatic rings. The van der Waals surface area contributed by atoms with E-state index in [1.165, 1.54) is 0 Å². The summed E-state index contributed by atoms with van der Waals surface area (Å²) >= 11 is 0. The molecule has 0 unspecified atom stereocenters. The Balaban J connectivity index is 4.42. The number of hydrogen-bond donors (Lipinski definition) is 0. The van der Waals surface area contributed by atoms with Gasteiger partial charge in [-0.3, -0.25) is 14.9 Å². The third-order valence-corrected chi connectivity index (χ3v) is 1.63. The van der Waals surface area contributed by atoms with E-state index in [0.29, 0.717) is 0 Å². The maximum atomic E-state index is 4.98. The van der Waals surface area contributed by atoms with E-state index in [1.807, 2.05) is 27.8 Å². The van der Waals surface area contributed by atoms with Crippen LogP contribution in [0.5, 0.6) is 0 Å². The average Bonchev–Trinajstić information content (AvgIpc) is 2.11. The Hall–Kier alpha value is -1.09. The summed E-state index contributed by atoms with van der Waals surface area (Å²) in [6, 6.07) is 0. The van der Waals surface area contributed by atoms with Crippen LogP contribution in [-0.2, 0) is 4.84 Å². The summed E-state index contributed by atoms with van der Waals surface area (Å²) < 4.78 is 0. The maximum absolute atomic E-state index is 4.98. The van der Waals surface area contributed by atoms with Gasteiger partial charge in [0.2, 0.25) is 0 Å². The molecule has 0 atom stereocenters. The molecule has 0 spiro atoms. The number of allylic oxidation sites excluding steroid dienone is 1. The van der Waals surface area contributed by atoms with E-state index in [4.69, 9.17) is 4.84 Å². The summed E-state index contributed by atoms with van der Waals surface area (Å²) in [6.45, 7) is 9.72. The lowest BCUT2D eigenvalue weighted by atomic mass is 10.2. The molecule has 0 aliphatic carbocycles. The fourth-order valence-electron chi connectivity index (χ4n) is 0.659. The van der Waals surface area contributed by atoms with Crippen molar-refractivity contribution >= 4 is 5.71 Å². The van der Waals surface area contributed by atoms with Crippen molar-refractivity contribution in [3.63, 3.8) is 0 Å². The topological polar surface area (TPSA) is 24.8 Å². The van der Waals surface area contributed by atoms with Crippen molar-refractivity contribution in [2.75, 3.05) is 14.2 Å². The van der Waals surface area contributed by atoms with Crippen LogP contribution in [0.25, 0.3) is 0 Å². The second-order valence-electron chi connectivity index (χ2n) is 3.02. The summed E-state index contributed by atoms with van der Waals surface area (Å²) in [6.07, 6.45) is 1.78. The van der Waals surface area contributed by atoms with Crippen molar-refractivity contribution in [3.8, 4) is 0 Å². The molecule has 74 valence electrons. The van der Waals surface area contributed by atoms with Gasteiger partial charge in [-0.1, -0.05) is 6.58 Å².